The zero-order valence-corrected chi connectivity index (χ0v) is 13.0. The van der Waals surface area contributed by atoms with Crippen LogP contribution in [0.3, 0.4) is 0 Å². The van der Waals surface area contributed by atoms with Crippen LogP contribution in [0.2, 0.25) is 5.02 Å². The summed E-state index contributed by atoms with van der Waals surface area (Å²) in [4.78, 5) is 11.5. The highest BCUT2D eigenvalue weighted by molar-refractivity contribution is 9.10. The number of benzene rings is 1. The van der Waals surface area contributed by atoms with Gasteiger partial charge in [-0.1, -0.05) is 11.6 Å². The molecule has 19 heavy (non-hydrogen) atoms. The number of halogens is 2. The molecule has 1 aromatic carbocycles. The Morgan fingerprint density at radius 2 is 2.05 bits per heavy atom. The normalized spacial score (nSPS) is 11.4. The molecule has 6 nitrogen and oxygen atoms in total. The molecule has 0 aliphatic carbocycles. The Labute approximate surface area is 124 Å². The minimum absolute atomic E-state index is 0.0342. The number of hydrogen-bond donors (Lipinski definition) is 1. The molecule has 2 N–H and O–H groups in total. The molecular formula is C10H11BrClNO5S. The van der Waals surface area contributed by atoms with E-state index in [4.69, 9.17) is 26.2 Å². The van der Waals surface area contributed by atoms with Gasteiger partial charge < -0.3 is 9.47 Å². The van der Waals surface area contributed by atoms with E-state index in [-0.39, 0.29) is 33.2 Å². The third-order valence-electron chi connectivity index (χ3n) is 2.07. The zero-order valence-electron chi connectivity index (χ0n) is 9.85. The fourth-order valence-electron chi connectivity index (χ4n) is 1.20. The highest BCUT2D eigenvalue weighted by atomic mass is 79.9. The summed E-state index contributed by atoms with van der Waals surface area (Å²) in [6.45, 7) is 0.258. The number of nitrogens with two attached hydrogens (primary N) is 1. The maximum atomic E-state index is 11.7. The van der Waals surface area contributed by atoms with Crippen molar-refractivity contribution in [3.05, 3.63) is 27.2 Å². The zero-order chi connectivity index (χ0) is 14.6. The predicted octanol–water partition coefficient (Wildman–Crippen LogP) is 1.55. The van der Waals surface area contributed by atoms with E-state index < -0.39 is 16.0 Å². The Balaban J connectivity index is 3.11. The molecule has 0 bridgehead atoms. The molecule has 0 aromatic heterocycles. The quantitative estimate of drug-likeness (QED) is 0.625. The first-order chi connectivity index (χ1) is 8.77. The summed E-state index contributed by atoms with van der Waals surface area (Å²) in [6, 6.07) is 2.34. The maximum Gasteiger partial charge on any atom is 0.339 e. The van der Waals surface area contributed by atoms with Crippen molar-refractivity contribution in [1.29, 1.82) is 0 Å². The minimum atomic E-state index is -3.97. The lowest BCUT2D eigenvalue weighted by atomic mass is 10.2. The van der Waals surface area contributed by atoms with Gasteiger partial charge in [0.2, 0.25) is 10.0 Å². The van der Waals surface area contributed by atoms with Crippen molar-refractivity contribution in [3.8, 4) is 0 Å². The van der Waals surface area contributed by atoms with Crippen LogP contribution in [0.1, 0.15) is 10.4 Å². The number of carbonyl (C=O) groups is 1. The van der Waals surface area contributed by atoms with E-state index in [0.29, 0.717) is 0 Å². The summed E-state index contributed by atoms with van der Waals surface area (Å²) in [7, 11) is -2.51. The van der Waals surface area contributed by atoms with Crippen LogP contribution in [0.4, 0.5) is 0 Å². The average molecular weight is 373 g/mol. The second-order valence-electron chi connectivity index (χ2n) is 3.44. The predicted molar refractivity (Wildman–Crippen MR) is 72.7 cm³/mol. The highest BCUT2D eigenvalue weighted by Crippen LogP contribution is 2.28. The number of rotatable bonds is 5. The SMILES string of the molecule is COCCOC(=O)c1cc(S(N)(=O)=O)c(Br)cc1Cl. The highest BCUT2D eigenvalue weighted by Gasteiger charge is 2.20. The Morgan fingerprint density at radius 3 is 2.58 bits per heavy atom. The molecule has 0 aliphatic heterocycles. The van der Waals surface area contributed by atoms with Gasteiger partial charge in [-0.25, -0.2) is 18.4 Å². The van der Waals surface area contributed by atoms with E-state index in [1.165, 1.54) is 13.2 Å². The lowest BCUT2D eigenvalue weighted by Crippen LogP contribution is -2.15. The van der Waals surface area contributed by atoms with Gasteiger partial charge >= 0.3 is 5.97 Å². The van der Waals surface area contributed by atoms with Crippen LogP contribution >= 0.6 is 27.5 Å². The van der Waals surface area contributed by atoms with Crippen LogP contribution in [-0.4, -0.2) is 34.7 Å². The topological polar surface area (TPSA) is 95.7 Å². The third-order valence-corrected chi connectivity index (χ3v) is 4.25. The number of primary sulfonamides is 1. The molecule has 0 radical (unpaired) electrons. The lowest BCUT2D eigenvalue weighted by molar-refractivity contribution is 0.0388. The summed E-state index contributed by atoms with van der Waals surface area (Å²) in [5.41, 5.74) is -0.0787. The van der Waals surface area contributed by atoms with Gasteiger partial charge in [0.15, 0.2) is 0 Å². The first-order valence-electron chi connectivity index (χ1n) is 4.95. The molecule has 0 saturated heterocycles. The Kier molecular flexibility index (Phi) is 5.75. The van der Waals surface area contributed by atoms with Crippen molar-refractivity contribution in [3.63, 3.8) is 0 Å². The first kappa shape index (κ1) is 16.4. The maximum absolute atomic E-state index is 11.7. The Hall–Kier alpha value is -0.670. The van der Waals surface area contributed by atoms with Crippen LogP contribution in [0.15, 0.2) is 21.5 Å². The van der Waals surface area contributed by atoms with Crippen LogP contribution in [0.5, 0.6) is 0 Å². The molecule has 0 fully saturated rings. The summed E-state index contributed by atoms with van der Waals surface area (Å²) >= 11 is 8.88. The summed E-state index contributed by atoms with van der Waals surface area (Å²) in [5, 5.41) is 5.08. The molecule has 0 spiro atoms. The molecule has 0 aliphatic rings. The van der Waals surface area contributed by atoms with E-state index >= 15 is 0 Å². The minimum Gasteiger partial charge on any atom is -0.460 e. The fraction of sp³-hybridized carbons (Fsp3) is 0.300. The standard InChI is InChI=1S/C10H11BrClNO5S/c1-17-2-3-18-10(14)6-4-9(19(13,15)16)7(11)5-8(6)12/h4-5H,2-3H2,1H3,(H2,13,15,16). The van der Waals surface area contributed by atoms with Gasteiger partial charge in [0.05, 0.1) is 22.1 Å². The van der Waals surface area contributed by atoms with Crippen LogP contribution < -0.4 is 5.14 Å². The second-order valence-corrected chi connectivity index (χ2v) is 6.23. The fourth-order valence-corrected chi connectivity index (χ4v) is 3.20. The van der Waals surface area contributed by atoms with Gasteiger partial charge in [0.25, 0.3) is 0 Å². The number of carbonyl (C=O) groups excluding carboxylic acids is 1. The van der Waals surface area contributed by atoms with Crippen molar-refractivity contribution < 1.29 is 22.7 Å². The Bertz CT molecular complexity index is 590. The molecule has 1 aromatic rings. The van der Waals surface area contributed by atoms with Crippen molar-refractivity contribution in [1.82, 2.24) is 0 Å². The average Bonchev–Trinajstić information content (AvgIpc) is 2.27. The largest absolute Gasteiger partial charge is 0.460 e. The monoisotopic (exact) mass is 371 g/mol. The van der Waals surface area contributed by atoms with E-state index in [2.05, 4.69) is 15.9 Å². The van der Waals surface area contributed by atoms with Gasteiger partial charge in [-0.3, -0.25) is 0 Å². The second kappa shape index (κ2) is 6.67. The third kappa shape index (κ3) is 4.43. The van der Waals surface area contributed by atoms with Crippen molar-refractivity contribution in [2.24, 2.45) is 5.14 Å². The number of esters is 1. The van der Waals surface area contributed by atoms with E-state index in [9.17, 15) is 13.2 Å². The van der Waals surface area contributed by atoms with Gasteiger partial charge in [-0.2, -0.15) is 0 Å². The molecule has 0 atom stereocenters. The van der Waals surface area contributed by atoms with Crippen molar-refractivity contribution in [2.75, 3.05) is 20.3 Å². The molecular weight excluding hydrogens is 362 g/mol. The molecule has 0 heterocycles. The van der Waals surface area contributed by atoms with Gasteiger partial charge in [-0.15, -0.1) is 0 Å². The molecule has 0 amide bonds. The van der Waals surface area contributed by atoms with Crippen LogP contribution in [-0.2, 0) is 19.5 Å². The van der Waals surface area contributed by atoms with Gasteiger partial charge in [0.1, 0.15) is 6.61 Å². The van der Waals surface area contributed by atoms with Gasteiger partial charge in [0, 0.05) is 11.6 Å². The molecule has 0 saturated carbocycles. The summed E-state index contributed by atoms with van der Waals surface area (Å²) in [5.74, 6) is -0.751. The van der Waals surface area contributed by atoms with Crippen LogP contribution in [0, 0.1) is 0 Å². The van der Waals surface area contributed by atoms with Crippen molar-refractivity contribution in [2.45, 2.75) is 4.90 Å². The summed E-state index contributed by atoms with van der Waals surface area (Å²) in [6.07, 6.45) is 0. The lowest BCUT2D eigenvalue weighted by Gasteiger charge is -2.09. The molecule has 0 unspecified atom stereocenters. The van der Waals surface area contributed by atoms with E-state index in [1.807, 2.05) is 0 Å². The first-order valence-corrected chi connectivity index (χ1v) is 7.67. The Morgan fingerprint density at radius 1 is 1.42 bits per heavy atom. The van der Waals surface area contributed by atoms with Gasteiger partial charge in [-0.05, 0) is 28.1 Å². The smallest absolute Gasteiger partial charge is 0.339 e. The number of ether oxygens (including phenoxy) is 2. The van der Waals surface area contributed by atoms with Crippen LogP contribution in [0.25, 0.3) is 0 Å². The molecule has 1 rings (SSSR count). The summed E-state index contributed by atoms with van der Waals surface area (Å²) < 4.78 is 32.4. The molecule has 106 valence electrons. The van der Waals surface area contributed by atoms with E-state index in [1.54, 1.807) is 0 Å². The van der Waals surface area contributed by atoms with Crippen molar-refractivity contribution >= 4 is 43.5 Å². The van der Waals surface area contributed by atoms with E-state index in [0.717, 1.165) is 6.07 Å². The number of methoxy groups -OCH3 is 1. The number of hydrogen-bond acceptors (Lipinski definition) is 5. The molecule has 9 heteroatoms. The number of sulfonamides is 1.